The first-order valence-electron chi connectivity index (χ1n) is 7.39. The number of carbonyl (C=O) groups is 1. The molecule has 0 aliphatic rings. The first-order chi connectivity index (χ1) is 10.9. The molecule has 2 aromatic heterocycles. The number of tetrazole rings is 1. The fourth-order valence-electron chi connectivity index (χ4n) is 2.19. The lowest BCUT2D eigenvalue weighted by Gasteiger charge is -2.18. The number of nitrogens with zero attached hydrogens (tertiary/aromatic N) is 4. The molecule has 0 N–H and O–H groups in total. The van der Waals surface area contributed by atoms with Crippen LogP contribution in [0.15, 0.2) is 41.8 Å². The SMILES string of the molecule is CC(C)(C)c1ccc(C(=O)Cn2nnc(-c3cccs3)n2)cc1. The first-order valence-corrected chi connectivity index (χ1v) is 8.27. The molecule has 1 aromatic carbocycles. The summed E-state index contributed by atoms with van der Waals surface area (Å²) in [6.07, 6.45) is 0. The van der Waals surface area contributed by atoms with Gasteiger partial charge in [-0.2, -0.15) is 4.80 Å². The molecular formula is C17H18N4OS. The van der Waals surface area contributed by atoms with Crippen LogP contribution in [-0.2, 0) is 12.0 Å². The van der Waals surface area contributed by atoms with Crippen LogP contribution in [0.2, 0.25) is 0 Å². The number of Topliss-reactive ketones (excluding diaryl/α,β-unsaturated/α-hetero) is 1. The zero-order valence-corrected chi connectivity index (χ0v) is 14.2. The van der Waals surface area contributed by atoms with Crippen LogP contribution in [0.25, 0.3) is 10.7 Å². The van der Waals surface area contributed by atoms with E-state index in [0.29, 0.717) is 11.4 Å². The van der Waals surface area contributed by atoms with Gasteiger partial charge in [0.05, 0.1) is 4.88 Å². The highest BCUT2D eigenvalue weighted by atomic mass is 32.1. The number of carbonyl (C=O) groups excluding carboxylic acids is 1. The third kappa shape index (κ3) is 3.53. The molecule has 23 heavy (non-hydrogen) atoms. The number of hydrogen-bond donors (Lipinski definition) is 0. The minimum atomic E-state index is -0.0272. The predicted octanol–water partition coefficient (Wildman–Crippen LogP) is 3.58. The molecule has 0 aliphatic carbocycles. The Bertz CT molecular complexity index is 798. The van der Waals surface area contributed by atoms with Gasteiger partial charge in [0.25, 0.3) is 0 Å². The van der Waals surface area contributed by atoms with Gasteiger partial charge >= 0.3 is 0 Å². The van der Waals surface area contributed by atoms with Gasteiger partial charge in [0, 0.05) is 5.56 Å². The summed E-state index contributed by atoms with van der Waals surface area (Å²) < 4.78 is 0. The molecule has 0 amide bonds. The Kier molecular flexibility index (Phi) is 4.09. The largest absolute Gasteiger partial charge is 0.292 e. The van der Waals surface area contributed by atoms with Crippen molar-refractivity contribution in [2.24, 2.45) is 0 Å². The van der Waals surface area contributed by atoms with E-state index in [1.807, 2.05) is 41.8 Å². The van der Waals surface area contributed by atoms with Crippen molar-refractivity contribution in [3.8, 4) is 10.7 Å². The molecule has 6 heteroatoms. The van der Waals surface area contributed by atoms with Crippen LogP contribution in [-0.4, -0.2) is 26.0 Å². The summed E-state index contributed by atoms with van der Waals surface area (Å²) in [5.41, 5.74) is 1.94. The van der Waals surface area contributed by atoms with E-state index >= 15 is 0 Å². The average Bonchev–Trinajstić information content (AvgIpc) is 3.17. The molecule has 0 atom stereocenters. The van der Waals surface area contributed by atoms with E-state index in [1.165, 1.54) is 10.4 Å². The monoisotopic (exact) mass is 326 g/mol. The fourth-order valence-corrected chi connectivity index (χ4v) is 2.84. The van der Waals surface area contributed by atoms with Crippen LogP contribution in [0.1, 0.15) is 36.7 Å². The molecule has 0 spiro atoms. The second kappa shape index (κ2) is 6.04. The number of rotatable bonds is 4. The quantitative estimate of drug-likeness (QED) is 0.688. The minimum absolute atomic E-state index is 0.0272. The van der Waals surface area contributed by atoms with Gasteiger partial charge < -0.3 is 0 Å². The van der Waals surface area contributed by atoms with E-state index in [0.717, 1.165) is 4.88 Å². The Balaban J connectivity index is 1.72. The maximum Gasteiger partial charge on any atom is 0.214 e. The molecule has 0 bridgehead atoms. The van der Waals surface area contributed by atoms with Crippen LogP contribution in [0.5, 0.6) is 0 Å². The summed E-state index contributed by atoms with van der Waals surface area (Å²) in [6.45, 7) is 6.53. The Labute approximate surface area is 139 Å². The maximum absolute atomic E-state index is 12.3. The summed E-state index contributed by atoms with van der Waals surface area (Å²) in [6, 6.07) is 11.6. The molecule has 0 aliphatic heterocycles. The molecule has 0 saturated carbocycles. The zero-order valence-electron chi connectivity index (χ0n) is 13.4. The van der Waals surface area contributed by atoms with Gasteiger partial charge in [-0.1, -0.05) is 51.1 Å². The summed E-state index contributed by atoms with van der Waals surface area (Å²) in [4.78, 5) is 14.6. The van der Waals surface area contributed by atoms with E-state index in [-0.39, 0.29) is 17.7 Å². The molecule has 2 heterocycles. The van der Waals surface area contributed by atoms with Gasteiger partial charge in [0.15, 0.2) is 5.78 Å². The van der Waals surface area contributed by atoms with Crippen molar-refractivity contribution in [1.82, 2.24) is 20.2 Å². The van der Waals surface area contributed by atoms with Crippen molar-refractivity contribution >= 4 is 17.1 Å². The second-order valence-corrected chi connectivity index (χ2v) is 7.32. The predicted molar refractivity (Wildman–Crippen MR) is 90.6 cm³/mol. The maximum atomic E-state index is 12.3. The van der Waals surface area contributed by atoms with E-state index in [9.17, 15) is 4.79 Å². The topological polar surface area (TPSA) is 60.7 Å². The van der Waals surface area contributed by atoms with Crippen molar-refractivity contribution in [3.63, 3.8) is 0 Å². The van der Waals surface area contributed by atoms with Crippen molar-refractivity contribution < 1.29 is 4.79 Å². The minimum Gasteiger partial charge on any atom is -0.292 e. The Morgan fingerprint density at radius 1 is 1.17 bits per heavy atom. The molecule has 0 fully saturated rings. The smallest absolute Gasteiger partial charge is 0.214 e. The van der Waals surface area contributed by atoms with E-state index in [4.69, 9.17) is 0 Å². The van der Waals surface area contributed by atoms with Gasteiger partial charge in [0.1, 0.15) is 6.54 Å². The van der Waals surface area contributed by atoms with Crippen molar-refractivity contribution in [1.29, 1.82) is 0 Å². The third-order valence-corrected chi connectivity index (χ3v) is 4.42. The lowest BCUT2D eigenvalue weighted by atomic mass is 9.86. The number of aromatic nitrogens is 4. The van der Waals surface area contributed by atoms with E-state index in [1.54, 1.807) is 11.3 Å². The summed E-state index contributed by atoms with van der Waals surface area (Å²) in [5.74, 6) is 0.525. The molecule has 118 valence electrons. The van der Waals surface area contributed by atoms with Crippen LogP contribution < -0.4 is 0 Å². The third-order valence-electron chi connectivity index (χ3n) is 3.55. The van der Waals surface area contributed by atoms with E-state index in [2.05, 4.69) is 36.2 Å². The van der Waals surface area contributed by atoms with Crippen LogP contribution in [0.4, 0.5) is 0 Å². The highest BCUT2D eigenvalue weighted by Crippen LogP contribution is 2.22. The Morgan fingerprint density at radius 3 is 2.52 bits per heavy atom. The lowest BCUT2D eigenvalue weighted by molar-refractivity contribution is 0.0961. The first kappa shape index (κ1) is 15.6. The van der Waals surface area contributed by atoms with Gasteiger partial charge in [-0.3, -0.25) is 4.79 Å². The number of ketones is 1. The number of benzene rings is 1. The van der Waals surface area contributed by atoms with Gasteiger partial charge in [-0.25, -0.2) is 0 Å². The van der Waals surface area contributed by atoms with Crippen LogP contribution in [0.3, 0.4) is 0 Å². The summed E-state index contributed by atoms with van der Waals surface area (Å²) in [7, 11) is 0. The number of thiophene rings is 1. The highest BCUT2D eigenvalue weighted by molar-refractivity contribution is 7.13. The van der Waals surface area contributed by atoms with Crippen molar-refractivity contribution in [3.05, 3.63) is 52.9 Å². The Hall–Kier alpha value is -2.34. The molecule has 0 radical (unpaired) electrons. The average molecular weight is 326 g/mol. The fraction of sp³-hybridized carbons (Fsp3) is 0.294. The summed E-state index contributed by atoms with van der Waals surface area (Å²) in [5, 5.41) is 14.2. The molecule has 0 saturated heterocycles. The lowest BCUT2D eigenvalue weighted by Crippen LogP contribution is -2.14. The van der Waals surface area contributed by atoms with E-state index < -0.39 is 0 Å². The van der Waals surface area contributed by atoms with Crippen molar-refractivity contribution in [2.75, 3.05) is 0 Å². The van der Waals surface area contributed by atoms with Gasteiger partial charge in [0.2, 0.25) is 5.82 Å². The number of hydrogen-bond acceptors (Lipinski definition) is 5. The van der Waals surface area contributed by atoms with Gasteiger partial charge in [-0.15, -0.1) is 21.5 Å². The molecule has 3 aromatic rings. The molecule has 0 unspecified atom stereocenters. The highest BCUT2D eigenvalue weighted by Gasteiger charge is 2.15. The molecule has 5 nitrogen and oxygen atoms in total. The molecule has 3 rings (SSSR count). The van der Waals surface area contributed by atoms with Crippen molar-refractivity contribution in [2.45, 2.75) is 32.7 Å². The van der Waals surface area contributed by atoms with Gasteiger partial charge in [-0.05, 0) is 27.6 Å². The van der Waals surface area contributed by atoms with Crippen LogP contribution >= 0.6 is 11.3 Å². The zero-order chi connectivity index (χ0) is 16.4. The van der Waals surface area contributed by atoms with Crippen LogP contribution in [0, 0.1) is 0 Å². The Morgan fingerprint density at radius 2 is 1.91 bits per heavy atom. The molecular weight excluding hydrogens is 308 g/mol. The standard InChI is InChI=1S/C17H18N4OS/c1-17(2,3)13-8-6-12(7-9-13)14(22)11-21-19-16(18-20-21)15-5-4-10-23-15/h4-10H,11H2,1-3H3. The second-order valence-electron chi connectivity index (χ2n) is 6.37. The normalized spacial score (nSPS) is 11.6. The summed E-state index contributed by atoms with van der Waals surface area (Å²) >= 11 is 1.55.